The van der Waals surface area contributed by atoms with E-state index in [2.05, 4.69) is 42.9 Å². The topological polar surface area (TPSA) is 63.7 Å². The van der Waals surface area contributed by atoms with Crippen LogP contribution >= 0.6 is 0 Å². The number of morpholine rings is 1. The van der Waals surface area contributed by atoms with E-state index >= 15 is 0 Å². The van der Waals surface area contributed by atoms with Gasteiger partial charge in [-0.15, -0.1) is 0 Å². The summed E-state index contributed by atoms with van der Waals surface area (Å²) in [5.41, 5.74) is 0.443. The standard InChI is InChI=1S/C13H20N2O2.C7H15NO.3CH4.Y/c1-9(2)10-7-6-8-11(14-10)15-12(16)17-13(3,4)5;1-7(2)8-3-5-9-6-4-8;;;;/h6-9H,1-5H3,(H,14,15,16);7H,3-6H2,1-2H3;3*1H4;. The zero-order valence-electron chi connectivity index (χ0n) is 17.9. The molecule has 1 aromatic rings. The second kappa shape index (κ2) is 18.1. The number of carbonyl (C=O) groups is 1. The molecule has 1 aliphatic heterocycles. The number of anilines is 1. The number of rotatable bonds is 3. The molecule has 175 valence electrons. The predicted octanol–water partition coefficient (Wildman–Crippen LogP) is 6.18. The number of aromatic nitrogens is 1. The molecule has 0 aromatic carbocycles. The molecule has 7 heteroatoms. The maximum absolute atomic E-state index is 11.5. The molecule has 2 rings (SSSR count). The van der Waals surface area contributed by atoms with Gasteiger partial charge in [0.25, 0.3) is 0 Å². The average molecular weight is 503 g/mol. The van der Waals surface area contributed by atoms with Gasteiger partial charge in [0.05, 0.1) is 13.2 Å². The molecule has 1 N–H and O–H groups in total. The Balaban J connectivity index is -0.000000226. The fraction of sp³-hybridized carbons (Fsp3) is 0.739. The molecule has 0 bridgehead atoms. The van der Waals surface area contributed by atoms with Gasteiger partial charge in [0.1, 0.15) is 11.4 Å². The molecule has 30 heavy (non-hydrogen) atoms. The Morgan fingerprint density at radius 2 is 1.63 bits per heavy atom. The van der Waals surface area contributed by atoms with Crippen molar-refractivity contribution in [2.75, 3.05) is 31.6 Å². The summed E-state index contributed by atoms with van der Waals surface area (Å²) in [5.74, 6) is 0.848. The van der Waals surface area contributed by atoms with Gasteiger partial charge in [-0.1, -0.05) is 42.2 Å². The molecule has 0 aliphatic carbocycles. The molecule has 1 saturated heterocycles. The number of amides is 1. The third-order valence-corrected chi connectivity index (χ3v) is 3.77. The SMILES string of the molecule is C.C.C.CC(C)N1CCOCC1.CC(C)c1cccc(NC(=O)OC(C)(C)C)n1.[Y]. The molecule has 2 heterocycles. The van der Waals surface area contributed by atoms with Gasteiger partial charge in [0.2, 0.25) is 0 Å². The van der Waals surface area contributed by atoms with E-state index in [1.807, 2.05) is 32.9 Å². The van der Waals surface area contributed by atoms with Crippen LogP contribution < -0.4 is 5.32 Å². The Bertz CT molecular complexity index is 555. The zero-order chi connectivity index (χ0) is 19.7. The number of hydrogen-bond acceptors (Lipinski definition) is 5. The van der Waals surface area contributed by atoms with Crippen LogP contribution in [0.15, 0.2) is 18.2 Å². The van der Waals surface area contributed by atoms with Crippen molar-refractivity contribution in [3.8, 4) is 0 Å². The number of hydrogen-bond donors (Lipinski definition) is 1. The van der Waals surface area contributed by atoms with Gasteiger partial charge in [-0.2, -0.15) is 0 Å². The molecule has 0 atom stereocenters. The number of nitrogens with zero attached hydrogens (tertiary/aromatic N) is 2. The van der Waals surface area contributed by atoms with Crippen LogP contribution in [0.25, 0.3) is 0 Å². The minimum absolute atomic E-state index is 0. The third kappa shape index (κ3) is 16.2. The maximum Gasteiger partial charge on any atom is 0.413 e. The van der Waals surface area contributed by atoms with Crippen LogP contribution in [0.1, 0.15) is 82.4 Å². The maximum atomic E-state index is 11.5. The molecule has 6 nitrogen and oxygen atoms in total. The summed E-state index contributed by atoms with van der Waals surface area (Å²) in [6, 6.07) is 6.24. The van der Waals surface area contributed by atoms with Crippen molar-refractivity contribution in [3.63, 3.8) is 0 Å². The average Bonchev–Trinajstić information content (AvgIpc) is 2.54. The number of carbonyl (C=O) groups excluding carboxylic acids is 1. The fourth-order valence-corrected chi connectivity index (χ4v) is 2.34. The number of nitrogens with one attached hydrogen (secondary N) is 1. The fourth-order valence-electron chi connectivity index (χ4n) is 2.34. The Hall–Kier alpha value is -0.556. The summed E-state index contributed by atoms with van der Waals surface area (Å²) < 4.78 is 10.4. The molecule has 1 amide bonds. The van der Waals surface area contributed by atoms with E-state index in [0.29, 0.717) is 17.8 Å². The minimum atomic E-state index is -0.500. The van der Waals surface area contributed by atoms with Crippen LogP contribution in [0.5, 0.6) is 0 Å². The largest absolute Gasteiger partial charge is 0.444 e. The Morgan fingerprint density at radius 1 is 1.10 bits per heavy atom. The summed E-state index contributed by atoms with van der Waals surface area (Å²) in [4.78, 5) is 18.3. The first-order chi connectivity index (χ1) is 12.1. The number of pyridine rings is 1. The molecule has 0 unspecified atom stereocenters. The second-order valence-corrected chi connectivity index (χ2v) is 7.97. The quantitative estimate of drug-likeness (QED) is 0.534. The van der Waals surface area contributed by atoms with E-state index in [9.17, 15) is 4.79 Å². The van der Waals surface area contributed by atoms with Gasteiger partial charge in [-0.25, -0.2) is 9.78 Å². The van der Waals surface area contributed by atoms with Gasteiger partial charge in [-0.3, -0.25) is 10.2 Å². The summed E-state index contributed by atoms with van der Waals surface area (Å²) in [5, 5.41) is 2.62. The molecule has 0 saturated carbocycles. The Kier molecular flexibility index (Phi) is 22.1. The van der Waals surface area contributed by atoms with Crippen LogP contribution in [0, 0.1) is 0 Å². The molecule has 0 spiro atoms. The molecular formula is C23H47N3O3Y. The molecule has 1 aliphatic rings. The van der Waals surface area contributed by atoms with E-state index in [4.69, 9.17) is 9.47 Å². The first-order valence-electron chi connectivity index (χ1n) is 9.37. The van der Waals surface area contributed by atoms with Crippen molar-refractivity contribution in [2.45, 2.75) is 88.3 Å². The van der Waals surface area contributed by atoms with E-state index in [1.54, 1.807) is 6.07 Å². The van der Waals surface area contributed by atoms with E-state index < -0.39 is 11.7 Å². The summed E-state index contributed by atoms with van der Waals surface area (Å²) >= 11 is 0. The van der Waals surface area contributed by atoms with Crippen LogP contribution in [0.3, 0.4) is 0 Å². The zero-order valence-corrected chi connectivity index (χ0v) is 20.8. The van der Waals surface area contributed by atoms with Crippen molar-refractivity contribution in [1.29, 1.82) is 0 Å². The van der Waals surface area contributed by atoms with Crippen LogP contribution in [-0.2, 0) is 42.2 Å². The van der Waals surface area contributed by atoms with E-state index in [0.717, 1.165) is 32.0 Å². The van der Waals surface area contributed by atoms with Crippen LogP contribution in [0.4, 0.5) is 10.6 Å². The summed E-state index contributed by atoms with van der Waals surface area (Å²) in [6.07, 6.45) is -0.481. The van der Waals surface area contributed by atoms with Gasteiger partial charge in [-0.05, 0) is 52.7 Å². The summed E-state index contributed by atoms with van der Waals surface area (Å²) in [6.45, 7) is 18.1. The number of ether oxygens (including phenoxy) is 2. The Labute approximate surface area is 211 Å². The third-order valence-electron chi connectivity index (χ3n) is 3.77. The second-order valence-electron chi connectivity index (χ2n) is 7.97. The van der Waals surface area contributed by atoms with E-state index in [-0.39, 0.29) is 55.0 Å². The summed E-state index contributed by atoms with van der Waals surface area (Å²) in [7, 11) is 0. The van der Waals surface area contributed by atoms with Gasteiger partial charge in [0.15, 0.2) is 0 Å². The Morgan fingerprint density at radius 3 is 2.03 bits per heavy atom. The molecular weight excluding hydrogens is 455 g/mol. The first kappa shape index (κ1) is 36.8. The van der Waals surface area contributed by atoms with Crippen molar-refractivity contribution in [2.24, 2.45) is 0 Å². The predicted molar refractivity (Wildman–Crippen MR) is 126 cm³/mol. The van der Waals surface area contributed by atoms with Gasteiger partial charge < -0.3 is 9.47 Å². The van der Waals surface area contributed by atoms with Crippen molar-refractivity contribution in [1.82, 2.24) is 9.88 Å². The van der Waals surface area contributed by atoms with Gasteiger partial charge >= 0.3 is 6.09 Å². The van der Waals surface area contributed by atoms with Crippen LogP contribution in [0.2, 0.25) is 0 Å². The smallest absolute Gasteiger partial charge is 0.413 e. The molecule has 1 aromatic heterocycles. The van der Waals surface area contributed by atoms with E-state index in [1.165, 1.54) is 0 Å². The first-order valence-corrected chi connectivity index (χ1v) is 9.37. The molecule has 1 fully saturated rings. The molecule has 1 radical (unpaired) electrons. The van der Waals surface area contributed by atoms with Crippen molar-refractivity contribution >= 4 is 11.9 Å². The van der Waals surface area contributed by atoms with Gasteiger partial charge in [0, 0.05) is 57.5 Å². The van der Waals surface area contributed by atoms with Crippen molar-refractivity contribution < 1.29 is 47.0 Å². The van der Waals surface area contributed by atoms with Crippen molar-refractivity contribution in [3.05, 3.63) is 23.9 Å². The minimum Gasteiger partial charge on any atom is -0.444 e. The normalized spacial score (nSPS) is 13.4. The monoisotopic (exact) mass is 502 g/mol. The van der Waals surface area contributed by atoms with Crippen LogP contribution in [-0.4, -0.2) is 53.9 Å².